The van der Waals surface area contributed by atoms with E-state index >= 15 is 0 Å². The molecule has 1 aliphatic rings. The molecule has 0 saturated carbocycles. The zero-order chi connectivity index (χ0) is 23.4. The van der Waals surface area contributed by atoms with Crippen LogP contribution in [0.2, 0.25) is 0 Å². The number of ether oxygens (including phenoxy) is 2. The second kappa shape index (κ2) is 10.0. The van der Waals surface area contributed by atoms with Gasteiger partial charge in [-0.1, -0.05) is 29.8 Å². The second-order valence-electron chi connectivity index (χ2n) is 8.36. The second-order valence-corrected chi connectivity index (χ2v) is 8.36. The van der Waals surface area contributed by atoms with Crippen molar-refractivity contribution in [1.29, 1.82) is 0 Å². The molecule has 1 N–H and O–H groups in total. The molecule has 32 heavy (non-hydrogen) atoms. The van der Waals surface area contributed by atoms with Crippen molar-refractivity contribution in [2.45, 2.75) is 46.3 Å². The Hall–Kier alpha value is -3.12. The van der Waals surface area contributed by atoms with Gasteiger partial charge in [0.05, 0.1) is 24.8 Å². The van der Waals surface area contributed by atoms with E-state index in [1.165, 1.54) is 4.90 Å². The molecule has 1 saturated heterocycles. The lowest BCUT2D eigenvalue weighted by Crippen LogP contribution is -2.31. The minimum atomic E-state index is -0.681. The molecule has 3 rings (SSSR count). The van der Waals surface area contributed by atoms with Crippen LogP contribution >= 0.6 is 0 Å². The fourth-order valence-corrected chi connectivity index (χ4v) is 3.93. The molecule has 1 fully saturated rings. The molecule has 0 radical (unpaired) electrons. The van der Waals surface area contributed by atoms with Gasteiger partial charge in [0, 0.05) is 18.7 Å². The number of aryl methyl sites for hydroxylation is 2. The SMILES string of the molecule is COc1ccc(C2/C(=C(\O)c3cc(C)ccc3C)C(=O)C(=O)N2CCCOC(C)C)cc1. The highest BCUT2D eigenvalue weighted by Crippen LogP contribution is 2.40. The zero-order valence-electron chi connectivity index (χ0n) is 19.3. The standard InChI is InChI=1S/C26H31NO5/c1-16(2)32-14-6-13-27-23(19-9-11-20(31-5)12-10-19)22(25(29)26(27)30)24(28)21-15-17(3)7-8-18(21)4/h7-12,15-16,23,28H,6,13-14H2,1-5H3/b24-22+. The first-order valence-electron chi connectivity index (χ1n) is 10.9. The predicted octanol–water partition coefficient (Wildman–Crippen LogP) is 4.55. The quantitative estimate of drug-likeness (QED) is 0.284. The van der Waals surface area contributed by atoms with Crippen LogP contribution in [0.4, 0.5) is 0 Å². The summed E-state index contributed by atoms with van der Waals surface area (Å²) in [6.07, 6.45) is 0.675. The first-order valence-corrected chi connectivity index (χ1v) is 10.9. The van der Waals surface area contributed by atoms with Gasteiger partial charge in [0.15, 0.2) is 0 Å². The molecule has 1 atom stereocenters. The Morgan fingerprint density at radius 3 is 2.41 bits per heavy atom. The Balaban J connectivity index is 2.07. The van der Waals surface area contributed by atoms with Crippen LogP contribution in [-0.4, -0.2) is 48.1 Å². The van der Waals surface area contributed by atoms with Crippen molar-refractivity contribution in [3.8, 4) is 5.75 Å². The third-order valence-corrected chi connectivity index (χ3v) is 5.61. The Bertz CT molecular complexity index is 1020. The van der Waals surface area contributed by atoms with Crippen LogP contribution in [0.25, 0.3) is 5.76 Å². The topological polar surface area (TPSA) is 76.1 Å². The number of methoxy groups -OCH3 is 1. The molecule has 0 spiro atoms. The highest BCUT2D eigenvalue weighted by molar-refractivity contribution is 6.46. The molecule has 6 heteroatoms. The Kier molecular flexibility index (Phi) is 7.36. The van der Waals surface area contributed by atoms with Crippen molar-refractivity contribution in [3.63, 3.8) is 0 Å². The Morgan fingerprint density at radius 1 is 1.09 bits per heavy atom. The first kappa shape index (κ1) is 23.5. The molecule has 0 aliphatic carbocycles. The largest absolute Gasteiger partial charge is 0.507 e. The van der Waals surface area contributed by atoms with E-state index in [9.17, 15) is 14.7 Å². The molecule has 170 valence electrons. The van der Waals surface area contributed by atoms with Gasteiger partial charge in [-0.3, -0.25) is 9.59 Å². The number of carbonyl (C=O) groups is 2. The third kappa shape index (κ3) is 4.86. The van der Waals surface area contributed by atoms with E-state index in [1.54, 1.807) is 19.2 Å². The molecule has 6 nitrogen and oxygen atoms in total. The van der Waals surface area contributed by atoms with E-state index < -0.39 is 17.7 Å². The van der Waals surface area contributed by atoms with Gasteiger partial charge in [-0.05, 0) is 63.4 Å². The monoisotopic (exact) mass is 437 g/mol. The van der Waals surface area contributed by atoms with Gasteiger partial charge in [0.2, 0.25) is 0 Å². The van der Waals surface area contributed by atoms with Gasteiger partial charge in [-0.15, -0.1) is 0 Å². The van der Waals surface area contributed by atoms with E-state index in [-0.39, 0.29) is 17.4 Å². The number of benzene rings is 2. The van der Waals surface area contributed by atoms with Gasteiger partial charge in [0.25, 0.3) is 11.7 Å². The van der Waals surface area contributed by atoms with Crippen LogP contribution in [0.3, 0.4) is 0 Å². The lowest BCUT2D eigenvalue weighted by atomic mass is 9.93. The molecule has 0 aromatic heterocycles. The zero-order valence-corrected chi connectivity index (χ0v) is 19.3. The van der Waals surface area contributed by atoms with Crippen LogP contribution in [0.15, 0.2) is 48.0 Å². The summed E-state index contributed by atoms with van der Waals surface area (Å²) in [4.78, 5) is 27.6. The first-order chi connectivity index (χ1) is 15.2. The number of hydrogen-bond acceptors (Lipinski definition) is 5. The number of hydrogen-bond donors (Lipinski definition) is 1. The maximum absolute atomic E-state index is 13.1. The number of likely N-dealkylation sites (tertiary alicyclic amines) is 1. The fourth-order valence-electron chi connectivity index (χ4n) is 3.93. The summed E-state index contributed by atoms with van der Waals surface area (Å²) in [5, 5.41) is 11.2. The van der Waals surface area contributed by atoms with E-state index in [4.69, 9.17) is 9.47 Å². The number of amides is 1. The molecule has 1 unspecified atom stereocenters. The molecule has 1 amide bonds. The maximum atomic E-state index is 13.1. The van der Waals surface area contributed by atoms with Gasteiger partial charge in [0.1, 0.15) is 11.5 Å². The summed E-state index contributed by atoms with van der Waals surface area (Å²) in [6.45, 7) is 8.52. The van der Waals surface area contributed by atoms with Crippen LogP contribution in [0, 0.1) is 13.8 Å². The number of nitrogens with zero attached hydrogens (tertiary/aromatic N) is 1. The van der Waals surface area contributed by atoms with Crippen molar-refractivity contribution in [2.24, 2.45) is 0 Å². The lowest BCUT2D eigenvalue weighted by molar-refractivity contribution is -0.140. The van der Waals surface area contributed by atoms with Gasteiger partial charge in [-0.25, -0.2) is 0 Å². The van der Waals surface area contributed by atoms with Crippen molar-refractivity contribution in [2.75, 3.05) is 20.3 Å². The maximum Gasteiger partial charge on any atom is 0.295 e. The van der Waals surface area contributed by atoms with Gasteiger partial charge >= 0.3 is 0 Å². The highest BCUT2D eigenvalue weighted by atomic mass is 16.5. The summed E-state index contributed by atoms with van der Waals surface area (Å²) in [5.74, 6) is -0.756. The summed E-state index contributed by atoms with van der Waals surface area (Å²) < 4.78 is 10.9. The normalized spacial score (nSPS) is 17.9. The van der Waals surface area contributed by atoms with Crippen molar-refractivity contribution in [3.05, 3.63) is 70.3 Å². The lowest BCUT2D eigenvalue weighted by Gasteiger charge is -2.25. The summed E-state index contributed by atoms with van der Waals surface area (Å²) in [7, 11) is 1.58. The molecular weight excluding hydrogens is 406 g/mol. The number of aliphatic hydroxyl groups is 1. The smallest absolute Gasteiger partial charge is 0.295 e. The summed E-state index contributed by atoms with van der Waals surface area (Å²) in [6, 6.07) is 12.2. The molecule has 2 aromatic carbocycles. The molecule has 1 aliphatic heterocycles. The summed E-state index contributed by atoms with van der Waals surface area (Å²) in [5.41, 5.74) is 3.20. The van der Waals surface area contributed by atoms with Gasteiger partial charge in [-0.2, -0.15) is 0 Å². The molecular formula is C26H31NO5. The van der Waals surface area contributed by atoms with Crippen LogP contribution in [0.5, 0.6) is 5.75 Å². The Morgan fingerprint density at radius 2 is 1.78 bits per heavy atom. The molecule has 0 bridgehead atoms. The number of carbonyl (C=O) groups excluding carboxylic acids is 2. The fraction of sp³-hybridized carbons (Fsp3) is 0.385. The average Bonchev–Trinajstić information content (AvgIpc) is 3.02. The van der Waals surface area contributed by atoms with E-state index in [0.717, 1.165) is 16.7 Å². The molecule has 2 aromatic rings. The van der Waals surface area contributed by atoms with E-state index in [2.05, 4.69) is 0 Å². The Labute approximate surface area is 189 Å². The predicted molar refractivity (Wildman–Crippen MR) is 124 cm³/mol. The highest BCUT2D eigenvalue weighted by Gasteiger charge is 2.45. The number of rotatable bonds is 8. The minimum absolute atomic E-state index is 0.0899. The molecule has 1 heterocycles. The number of Topliss-reactive ketones (excluding diaryl/α,β-unsaturated/α-hetero) is 1. The van der Waals surface area contributed by atoms with Crippen LogP contribution in [0.1, 0.15) is 48.6 Å². The van der Waals surface area contributed by atoms with Crippen LogP contribution < -0.4 is 4.74 Å². The van der Waals surface area contributed by atoms with Crippen molar-refractivity contribution in [1.82, 2.24) is 4.90 Å². The number of aliphatic hydroxyl groups excluding tert-OH is 1. The van der Waals surface area contributed by atoms with Gasteiger partial charge < -0.3 is 19.5 Å². The third-order valence-electron chi connectivity index (χ3n) is 5.61. The van der Waals surface area contributed by atoms with E-state index in [1.807, 2.05) is 58.0 Å². The summed E-state index contributed by atoms with van der Waals surface area (Å²) >= 11 is 0. The van der Waals surface area contributed by atoms with Crippen LogP contribution in [-0.2, 0) is 14.3 Å². The minimum Gasteiger partial charge on any atom is -0.507 e. The average molecular weight is 438 g/mol. The number of ketones is 1. The van der Waals surface area contributed by atoms with Crippen molar-refractivity contribution < 1.29 is 24.2 Å². The van der Waals surface area contributed by atoms with E-state index in [0.29, 0.717) is 30.9 Å². The van der Waals surface area contributed by atoms with Crippen molar-refractivity contribution >= 4 is 17.4 Å².